The lowest BCUT2D eigenvalue weighted by Gasteiger charge is -2.09. The fourth-order valence-electron chi connectivity index (χ4n) is 1.78. The zero-order chi connectivity index (χ0) is 16.9. The minimum Gasteiger partial charge on any atom is -0.462 e. The number of nitrogens with one attached hydrogen (secondary N) is 1. The van der Waals surface area contributed by atoms with Gasteiger partial charge in [-0.1, -0.05) is 22.9 Å². The van der Waals surface area contributed by atoms with Gasteiger partial charge in [0.2, 0.25) is 0 Å². The second-order valence-corrected chi connectivity index (χ2v) is 7.37. The molecule has 122 valence electrons. The van der Waals surface area contributed by atoms with E-state index in [0.717, 1.165) is 10.9 Å². The number of esters is 1. The second-order valence-electron chi connectivity index (χ2n) is 4.77. The van der Waals surface area contributed by atoms with E-state index < -0.39 is 16.0 Å². The Balaban J connectivity index is 2.11. The number of hydrogen-bond donors (Lipinski definition) is 1. The van der Waals surface area contributed by atoms with Crippen LogP contribution in [0.3, 0.4) is 0 Å². The molecule has 0 aliphatic heterocycles. The highest BCUT2D eigenvalue weighted by Crippen LogP contribution is 2.19. The van der Waals surface area contributed by atoms with Gasteiger partial charge in [-0.05, 0) is 55.0 Å². The monoisotopic (exact) mass is 397 g/mol. The summed E-state index contributed by atoms with van der Waals surface area (Å²) in [5.74, 6) is -0.422. The van der Waals surface area contributed by atoms with E-state index in [1.165, 1.54) is 36.4 Å². The first-order valence-electron chi connectivity index (χ1n) is 6.98. The van der Waals surface area contributed by atoms with Crippen LogP contribution < -0.4 is 4.72 Å². The molecule has 0 aliphatic rings. The predicted octanol–water partition coefficient (Wildman–Crippen LogP) is 3.82. The van der Waals surface area contributed by atoms with Crippen LogP contribution in [-0.2, 0) is 14.8 Å². The molecule has 0 saturated heterocycles. The number of rotatable bonds is 6. The molecule has 0 saturated carbocycles. The Bertz CT molecular complexity index is 771. The van der Waals surface area contributed by atoms with E-state index in [-0.39, 0.29) is 4.90 Å². The summed E-state index contributed by atoms with van der Waals surface area (Å²) in [5, 5.41) is 0. The molecular formula is C16H16BrNO4S. The van der Waals surface area contributed by atoms with Crippen molar-refractivity contribution in [3.63, 3.8) is 0 Å². The van der Waals surface area contributed by atoms with Crippen LogP contribution in [0, 0.1) is 0 Å². The quantitative estimate of drug-likeness (QED) is 0.751. The average Bonchev–Trinajstić information content (AvgIpc) is 2.53. The summed E-state index contributed by atoms with van der Waals surface area (Å²) in [6.45, 7) is 2.27. The third kappa shape index (κ3) is 4.80. The van der Waals surface area contributed by atoms with Crippen molar-refractivity contribution in [1.82, 2.24) is 0 Å². The summed E-state index contributed by atoms with van der Waals surface area (Å²) < 4.78 is 32.8. The molecule has 0 fully saturated rings. The number of carbonyl (C=O) groups is 1. The van der Waals surface area contributed by atoms with Gasteiger partial charge in [-0.2, -0.15) is 0 Å². The van der Waals surface area contributed by atoms with Gasteiger partial charge in [0.1, 0.15) is 0 Å². The highest BCUT2D eigenvalue weighted by Gasteiger charge is 2.14. The van der Waals surface area contributed by atoms with Crippen molar-refractivity contribution in [3.05, 3.63) is 58.6 Å². The maximum Gasteiger partial charge on any atom is 0.338 e. The Morgan fingerprint density at radius 3 is 2.26 bits per heavy atom. The predicted molar refractivity (Wildman–Crippen MR) is 92.0 cm³/mol. The molecule has 0 aromatic heterocycles. The van der Waals surface area contributed by atoms with Crippen LogP contribution in [0.25, 0.3) is 0 Å². The van der Waals surface area contributed by atoms with E-state index in [0.29, 0.717) is 17.9 Å². The number of sulfonamides is 1. The zero-order valence-electron chi connectivity index (χ0n) is 12.5. The summed E-state index contributed by atoms with van der Waals surface area (Å²) in [6.07, 6.45) is 0.747. The third-order valence-corrected chi connectivity index (χ3v) is 4.86. The van der Waals surface area contributed by atoms with Crippen LogP contribution in [0.2, 0.25) is 0 Å². The Labute approximate surface area is 143 Å². The first kappa shape index (κ1) is 17.5. The van der Waals surface area contributed by atoms with Crippen molar-refractivity contribution in [3.8, 4) is 0 Å². The van der Waals surface area contributed by atoms with Crippen molar-refractivity contribution >= 4 is 37.6 Å². The van der Waals surface area contributed by atoms with Gasteiger partial charge in [-0.15, -0.1) is 0 Å². The minimum atomic E-state index is -3.66. The molecule has 23 heavy (non-hydrogen) atoms. The Morgan fingerprint density at radius 1 is 1.09 bits per heavy atom. The molecule has 2 rings (SSSR count). The SMILES string of the molecule is CCCOC(=O)c1ccc(NS(=O)(=O)c2ccc(Br)cc2)cc1. The van der Waals surface area contributed by atoms with E-state index in [1.807, 2.05) is 6.92 Å². The van der Waals surface area contributed by atoms with E-state index in [9.17, 15) is 13.2 Å². The normalized spacial score (nSPS) is 11.0. The van der Waals surface area contributed by atoms with Crippen molar-refractivity contribution in [2.24, 2.45) is 0 Å². The van der Waals surface area contributed by atoms with Crippen LogP contribution in [0.15, 0.2) is 57.9 Å². The molecule has 2 aromatic carbocycles. The van der Waals surface area contributed by atoms with E-state index in [2.05, 4.69) is 20.7 Å². The van der Waals surface area contributed by atoms with Crippen LogP contribution in [0.4, 0.5) is 5.69 Å². The second kappa shape index (κ2) is 7.61. The molecule has 0 aliphatic carbocycles. The molecule has 0 atom stereocenters. The Hall–Kier alpha value is -1.86. The third-order valence-electron chi connectivity index (χ3n) is 2.93. The van der Waals surface area contributed by atoms with Gasteiger partial charge in [0, 0.05) is 10.2 Å². The fraction of sp³-hybridized carbons (Fsp3) is 0.188. The highest BCUT2D eigenvalue weighted by atomic mass is 79.9. The van der Waals surface area contributed by atoms with Crippen molar-refractivity contribution in [2.45, 2.75) is 18.2 Å². The first-order valence-corrected chi connectivity index (χ1v) is 9.25. The molecule has 0 amide bonds. The minimum absolute atomic E-state index is 0.159. The number of carbonyl (C=O) groups excluding carboxylic acids is 1. The molecule has 2 aromatic rings. The lowest BCUT2D eigenvalue weighted by atomic mass is 10.2. The fourth-order valence-corrected chi connectivity index (χ4v) is 3.10. The first-order chi connectivity index (χ1) is 10.9. The number of hydrogen-bond acceptors (Lipinski definition) is 4. The van der Waals surface area contributed by atoms with Crippen molar-refractivity contribution < 1.29 is 17.9 Å². The lowest BCUT2D eigenvalue weighted by molar-refractivity contribution is 0.0505. The maximum atomic E-state index is 12.3. The van der Waals surface area contributed by atoms with Crippen LogP contribution in [0.5, 0.6) is 0 Å². The molecule has 0 heterocycles. The summed E-state index contributed by atoms with van der Waals surface area (Å²) >= 11 is 3.26. The van der Waals surface area contributed by atoms with Crippen molar-refractivity contribution in [2.75, 3.05) is 11.3 Å². The lowest BCUT2D eigenvalue weighted by Crippen LogP contribution is -2.13. The van der Waals surface area contributed by atoms with Crippen LogP contribution in [-0.4, -0.2) is 21.0 Å². The van der Waals surface area contributed by atoms with Crippen molar-refractivity contribution in [1.29, 1.82) is 0 Å². The van der Waals surface area contributed by atoms with Gasteiger partial charge in [0.05, 0.1) is 17.1 Å². The van der Waals surface area contributed by atoms with Gasteiger partial charge in [0.25, 0.3) is 10.0 Å². The molecule has 7 heteroatoms. The van der Waals surface area contributed by atoms with Gasteiger partial charge in [0.15, 0.2) is 0 Å². The smallest absolute Gasteiger partial charge is 0.338 e. The van der Waals surface area contributed by atoms with Gasteiger partial charge in [-0.3, -0.25) is 4.72 Å². The summed E-state index contributed by atoms with van der Waals surface area (Å²) in [5.41, 5.74) is 0.755. The average molecular weight is 398 g/mol. The van der Waals surface area contributed by atoms with Crippen LogP contribution in [0.1, 0.15) is 23.7 Å². The molecule has 0 spiro atoms. The van der Waals surface area contributed by atoms with Gasteiger partial charge < -0.3 is 4.74 Å². The number of anilines is 1. The van der Waals surface area contributed by atoms with E-state index >= 15 is 0 Å². The number of ether oxygens (including phenoxy) is 1. The standard InChI is InChI=1S/C16H16BrNO4S/c1-2-11-22-16(19)12-3-7-14(8-4-12)18-23(20,21)15-9-5-13(17)6-10-15/h3-10,18H,2,11H2,1H3. The van der Waals surface area contributed by atoms with E-state index in [4.69, 9.17) is 4.74 Å². The largest absolute Gasteiger partial charge is 0.462 e. The topological polar surface area (TPSA) is 72.5 Å². The molecule has 0 radical (unpaired) electrons. The molecule has 0 unspecified atom stereocenters. The van der Waals surface area contributed by atoms with E-state index in [1.54, 1.807) is 12.1 Å². The van der Waals surface area contributed by atoms with Gasteiger partial charge in [-0.25, -0.2) is 13.2 Å². The Kier molecular flexibility index (Phi) is 5.79. The molecule has 0 bridgehead atoms. The number of halogens is 1. The molecular weight excluding hydrogens is 382 g/mol. The summed E-state index contributed by atoms with van der Waals surface area (Å²) in [7, 11) is -3.66. The van der Waals surface area contributed by atoms with Crippen LogP contribution >= 0.6 is 15.9 Å². The maximum absolute atomic E-state index is 12.3. The summed E-state index contributed by atoms with van der Waals surface area (Å²) in [4.78, 5) is 11.8. The Morgan fingerprint density at radius 2 is 1.70 bits per heavy atom. The zero-order valence-corrected chi connectivity index (χ0v) is 14.9. The molecule has 5 nitrogen and oxygen atoms in total. The molecule has 1 N–H and O–H groups in total. The van der Waals surface area contributed by atoms with Gasteiger partial charge >= 0.3 is 5.97 Å². The summed E-state index contributed by atoms with van der Waals surface area (Å²) in [6, 6.07) is 12.4. The number of benzene rings is 2. The highest BCUT2D eigenvalue weighted by molar-refractivity contribution is 9.10.